The summed E-state index contributed by atoms with van der Waals surface area (Å²) in [7, 11) is 0. The van der Waals surface area contributed by atoms with E-state index >= 15 is 0 Å². The minimum atomic E-state index is -0.749. The number of urea groups is 1. The number of nitrogens with one attached hydrogen (secondary N) is 1. The Morgan fingerprint density at radius 2 is 2.08 bits per heavy atom. The third-order valence-corrected chi connectivity index (χ3v) is 6.28. The predicted octanol–water partition coefficient (Wildman–Crippen LogP) is 3.37. The van der Waals surface area contributed by atoms with E-state index in [1.165, 1.54) is 4.90 Å². The van der Waals surface area contributed by atoms with Gasteiger partial charge in [-0.1, -0.05) is 18.6 Å². The molecule has 1 aliphatic heterocycles. The van der Waals surface area contributed by atoms with Crippen molar-refractivity contribution in [3.63, 3.8) is 0 Å². The number of benzene rings is 1. The van der Waals surface area contributed by atoms with Gasteiger partial charge in [-0.2, -0.15) is 0 Å². The average molecular weight is 348 g/mol. The Morgan fingerprint density at radius 3 is 2.67 bits per heavy atom. The summed E-state index contributed by atoms with van der Waals surface area (Å²) < 4.78 is 0. The molecule has 130 valence electrons. The number of thioether (sulfide) groups is 1. The van der Waals surface area contributed by atoms with Crippen molar-refractivity contribution in [2.24, 2.45) is 11.3 Å². The summed E-state index contributed by atoms with van der Waals surface area (Å²) in [6.07, 6.45) is 4.57. The summed E-state index contributed by atoms with van der Waals surface area (Å²) in [6.45, 7) is 2.84. The Kier molecular flexibility index (Phi) is 4.76. The van der Waals surface area contributed by atoms with Gasteiger partial charge in [-0.3, -0.25) is 4.79 Å². The fourth-order valence-corrected chi connectivity index (χ4v) is 4.45. The number of likely N-dealkylation sites (tertiary alicyclic amines) is 1. The lowest BCUT2D eigenvalue weighted by Gasteiger charge is -2.24. The lowest BCUT2D eigenvalue weighted by molar-refractivity contribution is -0.149. The van der Waals surface area contributed by atoms with Crippen LogP contribution in [0.4, 0.5) is 4.79 Å². The second kappa shape index (κ2) is 6.67. The maximum Gasteiger partial charge on any atom is 0.317 e. The van der Waals surface area contributed by atoms with E-state index in [0.29, 0.717) is 19.5 Å². The van der Waals surface area contributed by atoms with Crippen LogP contribution in [0.1, 0.15) is 37.8 Å². The Labute approximate surface area is 146 Å². The number of aliphatic carboxylic acids is 1. The zero-order valence-electron chi connectivity index (χ0n) is 14.1. The molecule has 2 fully saturated rings. The van der Waals surface area contributed by atoms with E-state index in [1.54, 1.807) is 16.7 Å². The molecule has 0 unspecified atom stereocenters. The Morgan fingerprint density at radius 1 is 1.38 bits per heavy atom. The van der Waals surface area contributed by atoms with Gasteiger partial charge in [-0.05, 0) is 49.6 Å². The summed E-state index contributed by atoms with van der Waals surface area (Å²) in [6, 6.07) is 7.87. The van der Waals surface area contributed by atoms with Crippen LogP contribution in [0, 0.1) is 11.3 Å². The van der Waals surface area contributed by atoms with Crippen molar-refractivity contribution < 1.29 is 14.7 Å². The molecule has 2 N–H and O–H groups in total. The van der Waals surface area contributed by atoms with Crippen molar-refractivity contribution in [3.8, 4) is 0 Å². The highest BCUT2D eigenvalue weighted by molar-refractivity contribution is 7.98. The van der Waals surface area contributed by atoms with E-state index in [2.05, 4.69) is 5.32 Å². The molecule has 0 radical (unpaired) electrons. The molecule has 1 heterocycles. The van der Waals surface area contributed by atoms with Gasteiger partial charge in [0, 0.05) is 18.0 Å². The van der Waals surface area contributed by atoms with Crippen molar-refractivity contribution >= 4 is 23.8 Å². The second-order valence-corrected chi connectivity index (χ2v) is 7.75. The van der Waals surface area contributed by atoms with Crippen molar-refractivity contribution in [2.45, 2.75) is 37.1 Å². The van der Waals surface area contributed by atoms with Crippen molar-refractivity contribution in [3.05, 3.63) is 29.8 Å². The molecule has 24 heavy (non-hydrogen) atoms. The molecule has 1 saturated carbocycles. The molecule has 1 saturated heterocycles. The van der Waals surface area contributed by atoms with Gasteiger partial charge in [0.25, 0.3) is 0 Å². The molecule has 1 aromatic rings. The molecule has 3 rings (SSSR count). The van der Waals surface area contributed by atoms with Gasteiger partial charge in [0.1, 0.15) is 0 Å². The van der Waals surface area contributed by atoms with Crippen LogP contribution in [-0.4, -0.2) is 41.4 Å². The Balaban J connectivity index is 1.64. The molecule has 2 aliphatic rings. The largest absolute Gasteiger partial charge is 0.481 e. The monoisotopic (exact) mass is 348 g/mol. The molecule has 3 atom stereocenters. The summed E-state index contributed by atoms with van der Waals surface area (Å²) in [5.41, 5.74) is 0.328. The Hall–Kier alpha value is -1.69. The standard InChI is InChI=1S/C18H24N2O3S/c1-12(13-5-7-15(24-2)8-6-13)19-17(23)20-10-14-4-3-9-18(14,11-20)16(21)22/h5-8,12,14H,3-4,9-11H2,1-2H3,(H,19,23)(H,21,22)/t12-,14-,18+/m0/s1. The smallest absolute Gasteiger partial charge is 0.317 e. The molecular weight excluding hydrogens is 324 g/mol. The zero-order valence-corrected chi connectivity index (χ0v) is 14.9. The lowest BCUT2D eigenvalue weighted by atomic mass is 9.81. The first-order chi connectivity index (χ1) is 11.5. The van der Waals surface area contributed by atoms with Crippen LogP contribution in [0.25, 0.3) is 0 Å². The molecule has 0 spiro atoms. The molecule has 2 amide bonds. The zero-order chi connectivity index (χ0) is 17.3. The number of hydrogen-bond acceptors (Lipinski definition) is 3. The van der Waals surface area contributed by atoms with Gasteiger partial charge in [0.15, 0.2) is 0 Å². The van der Waals surface area contributed by atoms with Gasteiger partial charge in [0.2, 0.25) is 0 Å². The Bertz CT molecular complexity index is 634. The average Bonchev–Trinajstić information content (AvgIpc) is 3.13. The summed E-state index contributed by atoms with van der Waals surface area (Å²) in [4.78, 5) is 27.2. The van der Waals surface area contributed by atoms with E-state index < -0.39 is 11.4 Å². The molecule has 6 heteroatoms. The topological polar surface area (TPSA) is 69.6 Å². The van der Waals surface area contributed by atoms with Gasteiger partial charge < -0.3 is 15.3 Å². The highest BCUT2D eigenvalue weighted by Crippen LogP contribution is 2.48. The number of rotatable bonds is 4. The molecule has 0 aromatic heterocycles. The van der Waals surface area contributed by atoms with Crippen LogP contribution in [0.2, 0.25) is 0 Å². The molecular formula is C18H24N2O3S. The van der Waals surface area contributed by atoms with Crippen molar-refractivity contribution in [2.75, 3.05) is 19.3 Å². The third-order valence-electron chi connectivity index (χ3n) is 5.54. The maximum absolute atomic E-state index is 12.6. The van der Waals surface area contributed by atoms with Crippen LogP contribution in [-0.2, 0) is 4.79 Å². The normalized spacial score (nSPS) is 26.9. The van der Waals surface area contributed by atoms with E-state index in [9.17, 15) is 14.7 Å². The summed E-state index contributed by atoms with van der Waals surface area (Å²) in [5, 5.41) is 12.6. The first-order valence-electron chi connectivity index (χ1n) is 8.39. The maximum atomic E-state index is 12.6. The van der Waals surface area contributed by atoms with Crippen LogP contribution >= 0.6 is 11.8 Å². The fourth-order valence-electron chi connectivity index (χ4n) is 4.05. The number of hydrogen-bond donors (Lipinski definition) is 2. The number of carboxylic acids is 1. The highest BCUT2D eigenvalue weighted by atomic mass is 32.2. The first-order valence-corrected chi connectivity index (χ1v) is 9.61. The van der Waals surface area contributed by atoms with E-state index in [4.69, 9.17) is 0 Å². The van der Waals surface area contributed by atoms with Crippen molar-refractivity contribution in [1.82, 2.24) is 10.2 Å². The predicted molar refractivity (Wildman–Crippen MR) is 94.2 cm³/mol. The van der Waals surface area contributed by atoms with Gasteiger partial charge in [-0.25, -0.2) is 4.79 Å². The number of carbonyl (C=O) groups excluding carboxylic acids is 1. The minimum absolute atomic E-state index is 0.0944. The van der Waals surface area contributed by atoms with Crippen molar-refractivity contribution in [1.29, 1.82) is 0 Å². The van der Waals surface area contributed by atoms with Crippen LogP contribution in [0.3, 0.4) is 0 Å². The molecule has 1 aromatic carbocycles. The number of nitrogens with zero attached hydrogens (tertiary/aromatic N) is 1. The fraction of sp³-hybridized carbons (Fsp3) is 0.556. The quantitative estimate of drug-likeness (QED) is 0.819. The van der Waals surface area contributed by atoms with E-state index in [-0.39, 0.29) is 18.0 Å². The highest BCUT2D eigenvalue weighted by Gasteiger charge is 2.55. The van der Waals surface area contributed by atoms with Crippen LogP contribution in [0.15, 0.2) is 29.2 Å². The third kappa shape index (κ3) is 2.99. The number of fused-ring (bicyclic) bond motifs is 1. The first kappa shape index (κ1) is 17.1. The summed E-state index contributed by atoms with van der Waals surface area (Å²) in [5.74, 6) is -0.655. The molecule has 1 aliphatic carbocycles. The van der Waals surface area contributed by atoms with E-state index in [0.717, 1.165) is 18.4 Å². The van der Waals surface area contributed by atoms with Crippen LogP contribution in [0.5, 0.6) is 0 Å². The van der Waals surface area contributed by atoms with Gasteiger partial charge in [-0.15, -0.1) is 11.8 Å². The summed E-state index contributed by atoms with van der Waals surface area (Å²) >= 11 is 1.68. The van der Waals surface area contributed by atoms with Gasteiger partial charge in [0.05, 0.1) is 11.5 Å². The van der Waals surface area contributed by atoms with E-state index in [1.807, 2.05) is 37.4 Å². The number of amides is 2. The minimum Gasteiger partial charge on any atom is -0.481 e. The second-order valence-electron chi connectivity index (χ2n) is 6.88. The number of carbonyl (C=O) groups is 2. The van der Waals surface area contributed by atoms with Gasteiger partial charge >= 0.3 is 12.0 Å². The lowest BCUT2D eigenvalue weighted by Crippen LogP contribution is -2.42. The van der Waals surface area contributed by atoms with Crippen LogP contribution < -0.4 is 5.32 Å². The molecule has 5 nitrogen and oxygen atoms in total. The SMILES string of the molecule is CSc1ccc([C@H](C)NC(=O)N2C[C@@H]3CCC[C@@]3(C(=O)O)C2)cc1. The molecule has 0 bridgehead atoms. The number of carboxylic acid groups (broad SMARTS) is 1.